The maximum absolute atomic E-state index is 14.5. The number of fused-ring (bicyclic) bond motifs is 1. The number of nitrogens with one attached hydrogen (secondary N) is 1. The number of amides is 1. The summed E-state index contributed by atoms with van der Waals surface area (Å²) in [7, 11) is 0. The summed E-state index contributed by atoms with van der Waals surface area (Å²) >= 11 is 0. The van der Waals surface area contributed by atoms with E-state index in [4.69, 9.17) is 4.74 Å². The predicted molar refractivity (Wildman–Crippen MR) is 92.8 cm³/mol. The average molecular weight is 358 g/mol. The summed E-state index contributed by atoms with van der Waals surface area (Å²) in [6.45, 7) is 1.88. The number of nitrogens with zero attached hydrogens (tertiary/aromatic N) is 1. The molecule has 1 amide bonds. The third-order valence-electron chi connectivity index (χ3n) is 5.06. The molecule has 2 unspecified atom stereocenters. The number of hydrogen-bond donors (Lipinski definition) is 1. The number of carbonyl (C=O) groups is 1. The van der Waals surface area contributed by atoms with Gasteiger partial charge < -0.3 is 10.1 Å². The minimum absolute atomic E-state index is 0.168. The Kier molecular flexibility index (Phi) is 4.59. The lowest BCUT2D eigenvalue weighted by Crippen LogP contribution is -2.42. The highest BCUT2D eigenvalue weighted by Gasteiger charge is 2.35. The minimum Gasteiger partial charge on any atom is -0.445 e. The van der Waals surface area contributed by atoms with Crippen LogP contribution in [0.5, 0.6) is 0 Å². The fourth-order valence-corrected chi connectivity index (χ4v) is 3.76. The monoisotopic (exact) mass is 358 g/mol. The third kappa shape index (κ3) is 3.17. The van der Waals surface area contributed by atoms with Crippen molar-refractivity contribution in [1.82, 2.24) is 10.2 Å². The molecule has 136 valence electrons. The molecule has 0 spiro atoms. The standard InChI is InChI=1S/C20H20F2N2O2/c21-14-5-6-17(18(22)11-14)19-16-4-2-1-3-13(16)8-10-24(19)20(25)26-15-7-9-23-12-15/h1-6,11,15,19,23H,7-10,12H2. The van der Waals surface area contributed by atoms with Gasteiger partial charge in [-0.1, -0.05) is 30.3 Å². The summed E-state index contributed by atoms with van der Waals surface area (Å²) in [6, 6.07) is 10.5. The molecule has 0 saturated carbocycles. The summed E-state index contributed by atoms with van der Waals surface area (Å²) in [5, 5.41) is 3.16. The molecule has 1 N–H and O–H groups in total. The van der Waals surface area contributed by atoms with Gasteiger partial charge in [-0.25, -0.2) is 13.6 Å². The van der Waals surface area contributed by atoms with Gasteiger partial charge in [-0.05, 0) is 36.6 Å². The van der Waals surface area contributed by atoms with E-state index in [0.29, 0.717) is 19.5 Å². The Bertz CT molecular complexity index is 821. The highest BCUT2D eigenvalue weighted by Crippen LogP contribution is 2.37. The molecule has 2 aliphatic heterocycles. The highest BCUT2D eigenvalue weighted by atomic mass is 19.1. The molecule has 0 bridgehead atoms. The fourth-order valence-electron chi connectivity index (χ4n) is 3.76. The molecule has 2 aliphatic rings. The van der Waals surface area contributed by atoms with Gasteiger partial charge in [-0.15, -0.1) is 0 Å². The molecule has 1 saturated heterocycles. The molecule has 2 aromatic carbocycles. The number of ether oxygens (including phenoxy) is 1. The second-order valence-corrected chi connectivity index (χ2v) is 6.71. The lowest BCUT2D eigenvalue weighted by atomic mass is 9.88. The maximum Gasteiger partial charge on any atom is 0.410 e. The molecule has 6 heteroatoms. The first-order valence-electron chi connectivity index (χ1n) is 8.84. The molecule has 4 rings (SSSR count). The van der Waals surface area contributed by atoms with E-state index in [-0.39, 0.29) is 11.7 Å². The van der Waals surface area contributed by atoms with Gasteiger partial charge in [0.25, 0.3) is 0 Å². The van der Waals surface area contributed by atoms with Crippen LogP contribution in [0.1, 0.15) is 29.2 Å². The summed E-state index contributed by atoms with van der Waals surface area (Å²) in [5.41, 5.74) is 2.19. The van der Waals surface area contributed by atoms with Gasteiger partial charge in [0.15, 0.2) is 0 Å². The van der Waals surface area contributed by atoms with Crippen LogP contribution in [-0.4, -0.2) is 36.7 Å². The van der Waals surface area contributed by atoms with Crippen LogP contribution in [0.15, 0.2) is 42.5 Å². The zero-order valence-electron chi connectivity index (χ0n) is 14.3. The smallest absolute Gasteiger partial charge is 0.410 e. The van der Waals surface area contributed by atoms with Crippen LogP contribution in [-0.2, 0) is 11.2 Å². The van der Waals surface area contributed by atoms with Crippen LogP contribution in [0.2, 0.25) is 0 Å². The SMILES string of the molecule is O=C(OC1CCNC1)N1CCc2ccccc2C1c1ccc(F)cc1F. The second-order valence-electron chi connectivity index (χ2n) is 6.71. The molecule has 0 aliphatic carbocycles. The van der Waals surface area contributed by atoms with E-state index in [1.807, 2.05) is 24.3 Å². The van der Waals surface area contributed by atoms with E-state index in [0.717, 1.165) is 30.2 Å². The van der Waals surface area contributed by atoms with Gasteiger partial charge in [0.2, 0.25) is 0 Å². The fraction of sp³-hybridized carbons (Fsp3) is 0.350. The van der Waals surface area contributed by atoms with Crippen LogP contribution in [0, 0.1) is 11.6 Å². The topological polar surface area (TPSA) is 41.6 Å². The largest absolute Gasteiger partial charge is 0.445 e. The minimum atomic E-state index is -0.660. The first-order chi connectivity index (χ1) is 12.6. The van der Waals surface area contributed by atoms with Crippen LogP contribution < -0.4 is 5.32 Å². The van der Waals surface area contributed by atoms with Crippen molar-refractivity contribution in [3.8, 4) is 0 Å². The Morgan fingerprint density at radius 1 is 1.15 bits per heavy atom. The van der Waals surface area contributed by atoms with Crippen molar-refractivity contribution >= 4 is 6.09 Å². The van der Waals surface area contributed by atoms with Gasteiger partial charge in [0.05, 0.1) is 6.04 Å². The van der Waals surface area contributed by atoms with Crippen molar-refractivity contribution in [3.63, 3.8) is 0 Å². The Morgan fingerprint density at radius 3 is 2.77 bits per heavy atom. The van der Waals surface area contributed by atoms with Gasteiger partial charge in [0.1, 0.15) is 17.7 Å². The lowest BCUT2D eigenvalue weighted by Gasteiger charge is -2.37. The van der Waals surface area contributed by atoms with Crippen LogP contribution in [0.25, 0.3) is 0 Å². The van der Waals surface area contributed by atoms with Crippen molar-refractivity contribution < 1.29 is 18.3 Å². The molecule has 2 atom stereocenters. The highest BCUT2D eigenvalue weighted by molar-refractivity contribution is 5.70. The summed E-state index contributed by atoms with van der Waals surface area (Å²) < 4.78 is 33.5. The van der Waals surface area contributed by atoms with E-state index in [1.54, 1.807) is 4.90 Å². The Morgan fingerprint density at radius 2 is 2.00 bits per heavy atom. The first-order valence-corrected chi connectivity index (χ1v) is 8.84. The van der Waals surface area contributed by atoms with Crippen molar-refractivity contribution in [1.29, 1.82) is 0 Å². The quantitative estimate of drug-likeness (QED) is 0.895. The molecule has 26 heavy (non-hydrogen) atoms. The van der Waals surface area contributed by atoms with Gasteiger partial charge in [-0.2, -0.15) is 0 Å². The summed E-state index contributed by atoms with van der Waals surface area (Å²) in [4.78, 5) is 14.4. The Balaban J connectivity index is 1.71. The van der Waals surface area contributed by atoms with Crippen molar-refractivity contribution in [2.75, 3.05) is 19.6 Å². The molecule has 2 aromatic rings. The zero-order chi connectivity index (χ0) is 18.1. The molecular weight excluding hydrogens is 338 g/mol. The van der Waals surface area contributed by atoms with Crippen LogP contribution in [0.3, 0.4) is 0 Å². The number of halogens is 2. The average Bonchev–Trinajstić information content (AvgIpc) is 3.14. The molecule has 0 aromatic heterocycles. The molecular formula is C20H20F2N2O2. The molecule has 1 fully saturated rings. The Hall–Kier alpha value is -2.47. The number of carbonyl (C=O) groups excluding carboxylic acids is 1. The summed E-state index contributed by atoms with van der Waals surface area (Å²) in [5.74, 6) is -1.30. The van der Waals surface area contributed by atoms with Gasteiger partial charge >= 0.3 is 6.09 Å². The molecule has 0 radical (unpaired) electrons. The number of benzene rings is 2. The van der Waals surface area contributed by atoms with Crippen molar-refractivity contribution in [2.45, 2.75) is 25.0 Å². The Labute approximate surface area is 150 Å². The van der Waals surface area contributed by atoms with E-state index >= 15 is 0 Å². The normalized spacial score (nSPS) is 22.2. The molecule has 4 nitrogen and oxygen atoms in total. The number of rotatable bonds is 2. The van der Waals surface area contributed by atoms with E-state index in [2.05, 4.69) is 5.32 Å². The van der Waals surface area contributed by atoms with E-state index in [9.17, 15) is 13.6 Å². The molecule has 2 heterocycles. The predicted octanol–water partition coefficient (Wildman–Crippen LogP) is 3.41. The second kappa shape index (κ2) is 7.03. The first kappa shape index (κ1) is 17.0. The van der Waals surface area contributed by atoms with Crippen molar-refractivity contribution in [3.05, 3.63) is 70.8 Å². The van der Waals surface area contributed by atoms with Gasteiger partial charge in [0, 0.05) is 24.7 Å². The maximum atomic E-state index is 14.5. The zero-order valence-corrected chi connectivity index (χ0v) is 14.3. The van der Waals surface area contributed by atoms with Gasteiger partial charge in [-0.3, -0.25) is 4.90 Å². The van der Waals surface area contributed by atoms with E-state index in [1.165, 1.54) is 12.1 Å². The van der Waals surface area contributed by atoms with Crippen LogP contribution >= 0.6 is 0 Å². The van der Waals surface area contributed by atoms with Crippen LogP contribution in [0.4, 0.5) is 13.6 Å². The summed E-state index contributed by atoms with van der Waals surface area (Å²) in [6.07, 6.45) is 0.819. The number of hydrogen-bond acceptors (Lipinski definition) is 3. The third-order valence-corrected chi connectivity index (χ3v) is 5.06. The van der Waals surface area contributed by atoms with Crippen molar-refractivity contribution in [2.24, 2.45) is 0 Å². The van der Waals surface area contributed by atoms with E-state index < -0.39 is 23.8 Å². The lowest BCUT2D eigenvalue weighted by molar-refractivity contribution is 0.0596.